The molecule has 0 unspecified atom stereocenters. The second-order valence-corrected chi connectivity index (χ2v) is 3.80. The third-order valence-corrected chi connectivity index (χ3v) is 2.75. The summed E-state index contributed by atoms with van der Waals surface area (Å²) in [4.78, 5) is 11.0. The molecule has 0 amide bonds. The Labute approximate surface area is 89.3 Å². The molecule has 2 nitrogen and oxygen atoms in total. The van der Waals surface area contributed by atoms with Crippen molar-refractivity contribution in [2.75, 3.05) is 0 Å². The van der Waals surface area contributed by atoms with E-state index in [1.807, 2.05) is 30.3 Å². The molecule has 0 spiro atoms. The van der Waals surface area contributed by atoms with Crippen LogP contribution < -0.4 is 0 Å². The van der Waals surface area contributed by atoms with E-state index >= 15 is 0 Å². The molecule has 0 atom stereocenters. The summed E-state index contributed by atoms with van der Waals surface area (Å²) in [5.74, 6) is -0.909. The molecule has 0 aliphatic heterocycles. The third kappa shape index (κ3) is 1.40. The molecule has 0 saturated heterocycles. The van der Waals surface area contributed by atoms with Gasteiger partial charge in [0.05, 0.1) is 5.56 Å². The van der Waals surface area contributed by atoms with E-state index in [0.29, 0.717) is 10.0 Å². The third-order valence-electron chi connectivity index (χ3n) is 2.09. The first-order valence-electron chi connectivity index (χ1n) is 4.10. The van der Waals surface area contributed by atoms with Gasteiger partial charge in [0.25, 0.3) is 0 Å². The van der Waals surface area contributed by atoms with Crippen molar-refractivity contribution in [2.45, 2.75) is 0 Å². The zero-order chi connectivity index (χ0) is 10.1. The molecule has 0 aliphatic carbocycles. The lowest BCUT2D eigenvalue weighted by molar-refractivity contribution is 0.0698. The molecule has 0 aromatic heterocycles. The van der Waals surface area contributed by atoms with Gasteiger partial charge in [0.2, 0.25) is 0 Å². The number of fused-ring (bicyclic) bond motifs is 1. The largest absolute Gasteiger partial charge is 0.478 e. The van der Waals surface area contributed by atoms with Crippen LogP contribution in [0.3, 0.4) is 0 Å². The summed E-state index contributed by atoms with van der Waals surface area (Å²) in [6.45, 7) is 0. The number of carboxylic acid groups (broad SMARTS) is 1. The molecule has 0 heterocycles. The van der Waals surface area contributed by atoms with E-state index in [2.05, 4.69) is 15.9 Å². The minimum absolute atomic E-state index is 0.322. The maximum atomic E-state index is 11.0. The Morgan fingerprint density at radius 1 is 1.14 bits per heavy atom. The standard InChI is InChI=1S/C11H7BrO2/c12-9-6-5-7-3-1-2-4-8(7)10(9)11(13)14/h1-6H,(H,13,14). The van der Waals surface area contributed by atoms with Crippen LogP contribution >= 0.6 is 15.9 Å². The number of hydrogen-bond acceptors (Lipinski definition) is 1. The topological polar surface area (TPSA) is 37.3 Å². The highest BCUT2D eigenvalue weighted by molar-refractivity contribution is 9.10. The first kappa shape index (κ1) is 9.21. The lowest BCUT2D eigenvalue weighted by atomic mass is 10.1. The number of halogens is 1. The molecule has 0 radical (unpaired) electrons. The normalized spacial score (nSPS) is 10.4. The zero-order valence-electron chi connectivity index (χ0n) is 7.20. The molecule has 14 heavy (non-hydrogen) atoms. The van der Waals surface area contributed by atoms with Crippen LogP contribution in [0.1, 0.15) is 10.4 Å². The fraction of sp³-hybridized carbons (Fsp3) is 0. The van der Waals surface area contributed by atoms with Crippen LogP contribution in [-0.2, 0) is 0 Å². The number of benzene rings is 2. The van der Waals surface area contributed by atoms with Crippen LogP contribution in [0, 0.1) is 0 Å². The van der Waals surface area contributed by atoms with Crippen molar-refractivity contribution >= 4 is 32.7 Å². The SMILES string of the molecule is O=C(O)c1c(Br)ccc2ccccc12. The Balaban J connectivity index is 2.90. The summed E-state index contributed by atoms with van der Waals surface area (Å²) in [6, 6.07) is 11.1. The molecule has 0 bridgehead atoms. The Bertz CT molecular complexity index is 506. The molecule has 2 aromatic carbocycles. The van der Waals surface area contributed by atoms with Crippen molar-refractivity contribution in [2.24, 2.45) is 0 Å². The van der Waals surface area contributed by atoms with Gasteiger partial charge in [-0.2, -0.15) is 0 Å². The maximum Gasteiger partial charge on any atom is 0.337 e. The molecule has 70 valence electrons. The summed E-state index contributed by atoms with van der Waals surface area (Å²) >= 11 is 3.24. The summed E-state index contributed by atoms with van der Waals surface area (Å²) in [7, 11) is 0. The molecule has 3 heteroatoms. The zero-order valence-corrected chi connectivity index (χ0v) is 8.78. The Morgan fingerprint density at radius 2 is 1.86 bits per heavy atom. The average Bonchev–Trinajstić information content (AvgIpc) is 2.17. The second kappa shape index (κ2) is 3.42. The van der Waals surface area contributed by atoms with Gasteiger partial charge in [0.1, 0.15) is 0 Å². The van der Waals surface area contributed by atoms with Gasteiger partial charge >= 0.3 is 5.97 Å². The van der Waals surface area contributed by atoms with Crippen molar-refractivity contribution < 1.29 is 9.90 Å². The number of carbonyl (C=O) groups is 1. The van der Waals surface area contributed by atoms with E-state index < -0.39 is 5.97 Å². The summed E-state index contributed by atoms with van der Waals surface area (Å²) in [5.41, 5.74) is 0.322. The van der Waals surface area contributed by atoms with Gasteiger partial charge in [-0.25, -0.2) is 4.79 Å². The minimum atomic E-state index is -0.909. The van der Waals surface area contributed by atoms with Crippen LogP contribution in [0.15, 0.2) is 40.9 Å². The predicted molar refractivity (Wildman–Crippen MR) is 58.6 cm³/mol. The van der Waals surface area contributed by atoms with Crippen LogP contribution in [0.2, 0.25) is 0 Å². The smallest absolute Gasteiger partial charge is 0.337 e. The number of aromatic carboxylic acids is 1. The van der Waals surface area contributed by atoms with E-state index in [4.69, 9.17) is 5.11 Å². The van der Waals surface area contributed by atoms with E-state index in [-0.39, 0.29) is 0 Å². The Hall–Kier alpha value is -1.35. The first-order valence-corrected chi connectivity index (χ1v) is 4.90. The van der Waals surface area contributed by atoms with Crippen LogP contribution in [0.5, 0.6) is 0 Å². The second-order valence-electron chi connectivity index (χ2n) is 2.95. The quantitative estimate of drug-likeness (QED) is 0.844. The lowest BCUT2D eigenvalue weighted by Gasteiger charge is -2.03. The van der Waals surface area contributed by atoms with Gasteiger partial charge in [-0.1, -0.05) is 30.3 Å². The fourth-order valence-corrected chi connectivity index (χ4v) is 1.98. The van der Waals surface area contributed by atoms with Gasteiger partial charge in [0.15, 0.2) is 0 Å². The molecular weight excluding hydrogens is 244 g/mol. The summed E-state index contributed by atoms with van der Waals surface area (Å²) in [6.07, 6.45) is 0. The van der Waals surface area contributed by atoms with Gasteiger partial charge in [-0.15, -0.1) is 0 Å². The molecule has 0 aliphatic rings. The number of carboxylic acids is 1. The Morgan fingerprint density at radius 3 is 2.57 bits per heavy atom. The van der Waals surface area contributed by atoms with E-state index in [9.17, 15) is 4.79 Å². The van der Waals surface area contributed by atoms with Crippen molar-refractivity contribution in [1.82, 2.24) is 0 Å². The van der Waals surface area contributed by atoms with Crippen molar-refractivity contribution in [3.8, 4) is 0 Å². The highest BCUT2D eigenvalue weighted by Crippen LogP contribution is 2.26. The van der Waals surface area contributed by atoms with Gasteiger partial charge in [-0.3, -0.25) is 0 Å². The lowest BCUT2D eigenvalue weighted by Crippen LogP contribution is -1.98. The van der Waals surface area contributed by atoms with Crippen molar-refractivity contribution in [3.63, 3.8) is 0 Å². The van der Waals surface area contributed by atoms with Crippen LogP contribution in [-0.4, -0.2) is 11.1 Å². The molecule has 0 saturated carbocycles. The Kier molecular flexibility index (Phi) is 2.25. The fourth-order valence-electron chi connectivity index (χ4n) is 1.46. The van der Waals surface area contributed by atoms with Crippen molar-refractivity contribution in [3.05, 3.63) is 46.4 Å². The monoisotopic (exact) mass is 250 g/mol. The molecule has 2 aromatic rings. The van der Waals surface area contributed by atoms with E-state index in [0.717, 1.165) is 10.8 Å². The molecule has 2 rings (SSSR count). The molecule has 1 N–H and O–H groups in total. The van der Waals surface area contributed by atoms with Crippen LogP contribution in [0.25, 0.3) is 10.8 Å². The van der Waals surface area contributed by atoms with Crippen LogP contribution in [0.4, 0.5) is 0 Å². The van der Waals surface area contributed by atoms with E-state index in [1.54, 1.807) is 6.07 Å². The van der Waals surface area contributed by atoms with Crippen molar-refractivity contribution in [1.29, 1.82) is 0 Å². The first-order chi connectivity index (χ1) is 6.70. The number of hydrogen-bond donors (Lipinski definition) is 1. The summed E-state index contributed by atoms with van der Waals surface area (Å²) in [5, 5.41) is 10.7. The highest BCUT2D eigenvalue weighted by atomic mass is 79.9. The van der Waals surface area contributed by atoms with Gasteiger partial charge in [-0.05, 0) is 32.8 Å². The maximum absolute atomic E-state index is 11.0. The van der Waals surface area contributed by atoms with Gasteiger partial charge in [0, 0.05) is 4.47 Å². The summed E-state index contributed by atoms with van der Waals surface area (Å²) < 4.78 is 0.615. The number of rotatable bonds is 1. The molecular formula is C11H7BrO2. The van der Waals surface area contributed by atoms with Gasteiger partial charge < -0.3 is 5.11 Å². The van der Waals surface area contributed by atoms with E-state index in [1.165, 1.54) is 0 Å². The average molecular weight is 251 g/mol. The molecule has 0 fully saturated rings. The minimum Gasteiger partial charge on any atom is -0.478 e. The predicted octanol–water partition coefficient (Wildman–Crippen LogP) is 3.30. The highest BCUT2D eigenvalue weighted by Gasteiger charge is 2.11.